The molecular formula is C24H19N4NaO8S2. The molecule has 0 bridgehead atoms. The van der Waals surface area contributed by atoms with Gasteiger partial charge in [-0.05, 0) is 54.6 Å². The Labute approximate surface area is 245 Å². The molecule has 0 aliphatic carbocycles. The van der Waals surface area contributed by atoms with Crippen molar-refractivity contribution in [1.82, 2.24) is 0 Å². The van der Waals surface area contributed by atoms with Gasteiger partial charge in [0.05, 0.1) is 33.7 Å². The number of nitrogens with two attached hydrogens (primary N) is 1. The molecule has 4 N–H and O–H groups in total. The van der Waals surface area contributed by atoms with Crippen LogP contribution in [0, 0.1) is 0 Å². The van der Waals surface area contributed by atoms with Gasteiger partial charge in [-0.25, -0.2) is 22.0 Å². The molecule has 0 saturated carbocycles. The van der Waals surface area contributed by atoms with Gasteiger partial charge < -0.3 is 19.7 Å². The number of fused-ring (bicyclic) bond motifs is 1. The number of methoxy groups -OCH3 is 1. The van der Waals surface area contributed by atoms with Crippen LogP contribution in [0.3, 0.4) is 0 Å². The van der Waals surface area contributed by atoms with Crippen molar-refractivity contribution < 1.29 is 65.6 Å². The van der Waals surface area contributed by atoms with E-state index in [-0.39, 0.29) is 68.0 Å². The molecule has 0 heterocycles. The van der Waals surface area contributed by atoms with Crippen LogP contribution in [0.1, 0.15) is 10.4 Å². The van der Waals surface area contributed by atoms with E-state index in [0.29, 0.717) is 5.56 Å². The number of phenolic OH excluding ortho intramolecular Hbond substituents is 1. The molecule has 4 rings (SSSR count). The number of anilines is 1. The summed E-state index contributed by atoms with van der Waals surface area (Å²) in [5, 5.41) is 25.9. The largest absolute Gasteiger partial charge is 1.00 e. The molecule has 4 aromatic rings. The van der Waals surface area contributed by atoms with Gasteiger partial charge in [-0.1, -0.05) is 18.2 Å². The molecular weight excluding hydrogens is 559 g/mol. The number of hydrogen-bond donors (Lipinski definition) is 3. The Morgan fingerprint density at radius 1 is 0.923 bits per heavy atom. The third-order valence-corrected chi connectivity index (χ3v) is 7.17. The average Bonchev–Trinajstić information content (AvgIpc) is 2.87. The summed E-state index contributed by atoms with van der Waals surface area (Å²) >= 11 is 0. The molecule has 0 aliphatic heterocycles. The molecule has 0 spiro atoms. The number of primary sulfonamides is 1. The maximum absolute atomic E-state index is 12.7. The number of rotatable bonds is 7. The molecule has 0 aromatic heterocycles. The number of carbonyl (C=O) groups is 1. The molecule has 1 amide bonds. The van der Waals surface area contributed by atoms with Gasteiger partial charge in [0, 0.05) is 10.9 Å². The maximum Gasteiger partial charge on any atom is 1.00 e. The van der Waals surface area contributed by atoms with Gasteiger partial charge >= 0.3 is 29.6 Å². The molecule has 0 unspecified atom stereocenters. The maximum atomic E-state index is 12.7. The summed E-state index contributed by atoms with van der Waals surface area (Å²) in [6.07, 6.45) is 0. The normalized spacial score (nSPS) is 11.8. The Morgan fingerprint density at radius 2 is 1.59 bits per heavy atom. The minimum atomic E-state index is -5.08. The van der Waals surface area contributed by atoms with E-state index in [9.17, 15) is 31.3 Å². The summed E-state index contributed by atoms with van der Waals surface area (Å²) in [4.78, 5) is 11.7. The summed E-state index contributed by atoms with van der Waals surface area (Å²) in [6.45, 7) is 0. The van der Waals surface area contributed by atoms with E-state index < -0.39 is 36.7 Å². The fraction of sp³-hybridized carbons (Fsp3) is 0.0417. The van der Waals surface area contributed by atoms with Crippen molar-refractivity contribution in [1.29, 1.82) is 0 Å². The number of phenols is 1. The number of nitrogens with zero attached hydrogens (tertiary/aromatic N) is 2. The van der Waals surface area contributed by atoms with Gasteiger partial charge in [0.2, 0.25) is 10.0 Å². The number of ether oxygens (including phenoxy) is 1. The Balaban J connectivity index is 0.00000420. The fourth-order valence-corrected chi connectivity index (χ4v) is 4.87. The summed E-state index contributed by atoms with van der Waals surface area (Å²) in [5.74, 6) is -0.876. The molecule has 12 nitrogen and oxygen atoms in total. The van der Waals surface area contributed by atoms with Crippen LogP contribution in [0.5, 0.6) is 11.5 Å². The van der Waals surface area contributed by atoms with E-state index in [4.69, 9.17) is 9.88 Å². The number of azo groups is 1. The van der Waals surface area contributed by atoms with Gasteiger partial charge in [-0.3, -0.25) is 4.79 Å². The van der Waals surface area contributed by atoms with E-state index in [1.807, 2.05) is 0 Å². The molecule has 39 heavy (non-hydrogen) atoms. The van der Waals surface area contributed by atoms with Crippen molar-refractivity contribution in [2.24, 2.45) is 15.4 Å². The second kappa shape index (κ2) is 11.8. The predicted octanol–water partition coefficient (Wildman–Crippen LogP) is 0.777. The number of aromatic hydroxyl groups is 1. The van der Waals surface area contributed by atoms with Crippen LogP contribution in [0.25, 0.3) is 10.8 Å². The van der Waals surface area contributed by atoms with Gasteiger partial charge in [0.1, 0.15) is 27.3 Å². The van der Waals surface area contributed by atoms with Crippen molar-refractivity contribution in [3.8, 4) is 11.5 Å². The number of hydrogen-bond acceptors (Lipinski definition) is 10. The second-order valence-electron chi connectivity index (χ2n) is 7.82. The van der Waals surface area contributed by atoms with Crippen molar-refractivity contribution in [3.05, 3.63) is 78.4 Å². The number of benzene rings is 4. The van der Waals surface area contributed by atoms with Crippen LogP contribution in [-0.4, -0.2) is 39.5 Å². The quantitative estimate of drug-likeness (QED) is 0.162. The molecule has 4 aromatic carbocycles. The summed E-state index contributed by atoms with van der Waals surface area (Å²) in [6, 6.07) is 16.2. The summed E-state index contributed by atoms with van der Waals surface area (Å²) in [7, 11) is -7.86. The van der Waals surface area contributed by atoms with Crippen molar-refractivity contribution in [3.63, 3.8) is 0 Å². The standard InChI is InChI=1S/C24H20N4O8S2.Na/c1-36-20-11-7-15(37(25,31)32)13-18(20)28-27-17-8-10-19(29)22-16(9-12-21(23(17)22)38(33,34)35)26-24(30)14-5-3-2-4-6-14;/h2-13,29H,1H3,(H,26,30)(H2,25,31,32)(H,33,34,35);/q;+1/p-1/b28-27+;. The zero-order valence-electron chi connectivity index (χ0n) is 20.5. The van der Waals surface area contributed by atoms with Gasteiger partial charge in [0.15, 0.2) is 0 Å². The monoisotopic (exact) mass is 578 g/mol. The van der Waals surface area contributed by atoms with Gasteiger partial charge in [0.25, 0.3) is 5.91 Å². The number of sulfonamides is 1. The Kier molecular flexibility index (Phi) is 9.12. The zero-order chi connectivity index (χ0) is 27.7. The minimum absolute atomic E-state index is 0. The third-order valence-electron chi connectivity index (χ3n) is 5.38. The van der Waals surface area contributed by atoms with Gasteiger partial charge in [-0.2, -0.15) is 0 Å². The number of nitrogens with one attached hydrogen (secondary N) is 1. The molecule has 0 saturated heterocycles. The molecule has 196 valence electrons. The van der Waals surface area contributed by atoms with Crippen LogP contribution in [0.4, 0.5) is 17.1 Å². The first-order valence-electron chi connectivity index (χ1n) is 10.6. The van der Waals surface area contributed by atoms with Crippen molar-refractivity contribution in [2.45, 2.75) is 9.79 Å². The minimum Gasteiger partial charge on any atom is -0.744 e. The third kappa shape index (κ3) is 6.62. The summed E-state index contributed by atoms with van der Waals surface area (Å²) < 4.78 is 65.0. The molecule has 0 atom stereocenters. The Bertz CT molecular complexity index is 1810. The summed E-state index contributed by atoms with van der Waals surface area (Å²) in [5.41, 5.74) is 0.0503. The Hall–Kier alpha value is -3.37. The first-order chi connectivity index (χ1) is 17.9. The topological polar surface area (TPSA) is 201 Å². The van der Waals surface area contributed by atoms with Crippen LogP contribution in [0.15, 0.2) is 92.8 Å². The van der Waals surface area contributed by atoms with Crippen molar-refractivity contribution >= 4 is 53.9 Å². The van der Waals surface area contributed by atoms with E-state index in [1.165, 1.54) is 37.4 Å². The fourth-order valence-electron chi connectivity index (χ4n) is 3.64. The SMILES string of the molecule is COc1ccc(S(N)(=O)=O)cc1/N=N/c1ccc(O)c2c(NC(=O)c3ccccc3)ccc(S(=O)(=O)[O-])c12.[Na+]. The van der Waals surface area contributed by atoms with Crippen LogP contribution in [0.2, 0.25) is 0 Å². The van der Waals surface area contributed by atoms with Crippen molar-refractivity contribution in [2.75, 3.05) is 12.4 Å². The van der Waals surface area contributed by atoms with Crippen LogP contribution >= 0.6 is 0 Å². The molecule has 15 heteroatoms. The first-order valence-corrected chi connectivity index (χ1v) is 13.6. The first kappa shape index (κ1) is 30.2. The molecule has 0 aliphatic rings. The van der Waals surface area contributed by atoms with E-state index >= 15 is 0 Å². The molecule has 0 radical (unpaired) electrons. The van der Waals surface area contributed by atoms with E-state index in [1.54, 1.807) is 30.3 Å². The zero-order valence-corrected chi connectivity index (χ0v) is 24.2. The van der Waals surface area contributed by atoms with Crippen LogP contribution in [-0.2, 0) is 20.1 Å². The number of amides is 1. The smallest absolute Gasteiger partial charge is 0.744 e. The van der Waals surface area contributed by atoms with Crippen LogP contribution < -0.4 is 44.7 Å². The average molecular weight is 579 g/mol. The molecule has 0 fully saturated rings. The van der Waals surface area contributed by atoms with Gasteiger partial charge in [-0.15, -0.1) is 10.2 Å². The Morgan fingerprint density at radius 3 is 2.21 bits per heavy atom. The number of carbonyl (C=O) groups excluding carboxylic acids is 1. The van der Waals surface area contributed by atoms with E-state index in [0.717, 1.165) is 12.1 Å². The second-order valence-corrected chi connectivity index (χ2v) is 10.7. The predicted molar refractivity (Wildman–Crippen MR) is 137 cm³/mol. The van der Waals surface area contributed by atoms with E-state index in [2.05, 4.69) is 15.5 Å².